The second kappa shape index (κ2) is 10.4. The number of aromatic nitrogens is 1. The Kier molecular flexibility index (Phi) is 7.84. The van der Waals surface area contributed by atoms with Crippen molar-refractivity contribution in [1.82, 2.24) is 19.7 Å². The number of urea groups is 1. The zero-order chi connectivity index (χ0) is 22.5. The lowest BCUT2D eigenvalue weighted by atomic mass is 10.0. The zero-order valence-electron chi connectivity index (χ0n) is 17.8. The molecule has 3 rings (SSSR count). The average molecular weight is 467 g/mol. The van der Waals surface area contributed by atoms with Crippen molar-refractivity contribution in [2.75, 3.05) is 20.1 Å². The lowest BCUT2D eigenvalue weighted by Crippen LogP contribution is -2.60. The fourth-order valence-electron chi connectivity index (χ4n) is 3.96. The van der Waals surface area contributed by atoms with Crippen LogP contribution in [0.25, 0.3) is 0 Å². The molecule has 0 radical (unpaired) electrons. The van der Waals surface area contributed by atoms with Crippen LogP contribution >= 0.6 is 23.2 Å². The molecule has 3 unspecified atom stereocenters. The van der Waals surface area contributed by atoms with Gasteiger partial charge in [-0.1, -0.05) is 49.9 Å². The van der Waals surface area contributed by atoms with E-state index in [1.165, 1.54) is 4.90 Å². The number of aromatic amines is 1. The van der Waals surface area contributed by atoms with Gasteiger partial charge >= 0.3 is 6.03 Å². The SMILES string of the molecule is CCCCCCN(C(=O)N1CC(=O)N(C)C(c2cc[nH]c2)C1=O)C1C(Cl)=CC=CC1Cl. The van der Waals surface area contributed by atoms with Crippen LogP contribution in [0, 0.1) is 0 Å². The molecule has 1 aromatic rings. The Bertz CT molecular complexity index is 868. The topological polar surface area (TPSA) is 76.7 Å². The van der Waals surface area contributed by atoms with Crippen LogP contribution in [0.4, 0.5) is 4.79 Å². The van der Waals surface area contributed by atoms with Gasteiger partial charge in [0.05, 0.1) is 11.4 Å². The molecule has 1 aromatic heterocycles. The summed E-state index contributed by atoms with van der Waals surface area (Å²) in [7, 11) is 1.57. The van der Waals surface area contributed by atoms with E-state index >= 15 is 0 Å². The van der Waals surface area contributed by atoms with Crippen molar-refractivity contribution < 1.29 is 14.4 Å². The van der Waals surface area contributed by atoms with E-state index in [1.807, 2.05) is 0 Å². The highest BCUT2D eigenvalue weighted by Crippen LogP contribution is 2.31. The maximum absolute atomic E-state index is 13.6. The van der Waals surface area contributed by atoms with Crippen molar-refractivity contribution in [2.45, 2.75) is 50.1 Å². The molecule has 1 saturated heterocycles. The molecule has 3 atom stereocenters. The summed E-state index contributed by atoms with van der Waals surface area (Å²) in [4.78, 5) is 46.5. The van der Waals surface area contributed by atoms with Gasteiger partial charge in [0.2, 0.25) is 5.91 Å². The Labute approximate surface area is 192 Å². The number of carbonyl (C=O) groups is 3. The minimum atomic E-state index is -0.859. The van der Waals surface area contributed by atoms with Crippen LogP contribution in [0.2, 0.25) is 0 Å². The number of hydrogen-bond donors (Lipinski definition) is 1. The van der Waals surface area contributed by atoms with Crippen LogP contribution < -0.4 is 0 Å². The van der Waals surface area contributed by atoms with Gasteiger partial charge in [-0.3, -0.25) is 14.5 Å². The molecule has 2 heterocycles. The van der Waals surface area contributed by atoms with Crippen LogP contribution in [-0.4, -0.2) is 69.1 Å². The molecule has 9 heteroatoms. The third-order valence-corrected chi connectivity index (χ3v) is 6.45. The number of halogens is 2. The summed E-state index contributed by atoms with van der Waals surface area (Å²) in [5, 5.41) is -0.0900. The Morgan fingerprint density at radius 3 is 2.71 bits per heavy atom. The molecule has 1 aliphatic heterocycles. The van der Waals surface area contributed by atoms with Gasteiger partial charge in [0.25, 0.3) is 5.91 Å². The summed E-state index contributed by atoms with van der Waals surface area (Å²) < 4.78 is 0. The summed E-state index contributed by atoms with van der Waals surface area (Å²) in [6, 6.07) is -0.262. The smallest absolute Gasteiger partial charge is 0.327 e. The lowest BCUT2D eigenvalue weighted by molar-refractivity contribution is -0.152. The van der Waals surface area contributed by atoms with Gasteiger partial charge in [-0.25, -0.2) is 4.79 Å². The van der Waals surface area contributed by atoms with Crippen molar-refractivity contribution in [3.8, 4) is 0 Å². The normalized spacial score (nSPS) is 23.9. The number of hydrogen-bond acceptors (Lipinski definition) is 3. The fourth-order valence-corrected chi connectivity index (χ4v) is 4.71. The molecule has 2 aliphatic rings. The molecule has 0 saturated carbocycles. The van der Waals surface area contributed by atoms with Crippen LogP contribution in [0.5, 0.6) is 0 Å². The number of carbonyl (C=O) groups excluding carboxylic acids is 3. The van der Waals surface area contributed by atoms with Gasteiger partial charge in [-0.15, -0.1) is 11.6 Å². The van der Waals surface area contributed by atoms with Gasteiger partial charge in [0, 0.05) is 36.6 Å². The highest BCUT2D eigenvalue weighted by Gasteiger charge is 2.44. The fraction of sp³-hybridized carbons (Fsp3) is 0.500. The number of piperazine rings is 1. The summed E-state index contributed by atoms with van der Waals surface area (Å²) in [5.41, 5.74) is 0.626. The lowest BCUT2D eigenvalue weighted by Gasteiger charge is -2.41. The molecule has 0 aromatic carbocycles. The molecule has 31 heavy (non-hydrogen) atoms. The number of amides is 4. The minimum Gasteiger partial charge on any atom is -0.367 e. The number of nitrogens with one attached hydrogen (secondary N) is 1. The molecule has 1 fully saturated rings. The third-order valence-electron chi connectivity index (χ3n) is 5.71. The Morgan fingerprint density at radius 1 is 1.29 bits per heavy atom. The van der Waals surface area contributed by atoms with Crippen LogP contribution in [0.1, 0.15) is 44.2 Å². The number of allylic oxidation sites excluding steroid dienone is 2. The Morgan fingerprint density at radius 2 is 2.06 bits per heavy atom. The number of unbranched alkanes of at least 4 members (excludes halogenated alkanes) is 3. The summed E-state index contributed by atoms with van der Waals surface area (Å²) in [6.07, 6.45) is 12.4. The number of rotatable bonds is 7. The second-order valence-corrected chi connectivity index (χ2v) is 8.78. The first-order valence-electron chi connectivity index (χ1n) is 10.5. The molecule has 1 aliphatic carbocycles. The van der Waals surface area contributed by atoms with Crippen LogP contribution in [0.3, 0.4) is 0 Å². The molecule has 0 bridgehead atoms. The first kappa shape index (κ1) is 23.4. The number of likely N-dealkylation sites (N-methyl/N-ethyl adjacent to an activating group) is 1. The Hall–Kier alpha value is -2.25. The Balaban J connectivity index is 1.88. The second-order valence-electron chi connectivity index (χ2n) is 7.84. The number of H-pyrrole nitrogens is 1. The van der Waals surface area contributed by atoms with Crippen molar-refractivity contribution in [3.63, 3.8) is 0 Å². The molecular formula is C22H28Cl2N4O3. The third kappa shape index (κ3) is 4.99. The maximum atomic E-state index is 13.6. The van der Waals surface area contributed by atoms with E-state index in [0.29, 0.717) is 17.1 Å². The van der Waals surface area contributed by atoms with Gasteiger partial charge in [0.1, 0.15) is 12.6 Å². The van der Waals surface area contributed by atoms with E-state index in [-0.39, 0.29) is 12.5 Å². The minimum absolute atomic E-state index is 0.308. The number of nitrogens with zero attached hydrogens (tertiary/aromatic N) is 3. The van der Waals surface area contributed by atoms with Crippen molar-refractivity contribution in [1.29, 1.82) is 0 Å². The molecule has 1 N–H and O–H groups in total. The molecule has 7 nitrogen and oxygen atoms in total. The van der Waals surface area contributed by atoms with Gasteiger partial charge in [-0.05, 0) is 18.6 Å². The van der Waals surface area contributed by atoms with E-state index in [2.05, 4.69) is 11.9 Å². The molecule has 4 amide bonds. The first-order valence-corrected chi connectivity index (χ1v) is 11.4. The van der Waals surface area contributed by atoms with E-state index in [0.717, 1.165) is 30.6 Å². The average Bonchev–Trinajstić information content (AvgIpc) is 3.26. The molecular weight excluding hydrogens is 439 g/mol. The summed E-state index contributed by atoms with van der Waals surface area (Å²) in [5.74, 6) is -0.750. The van der Waals surface area contributed by atoms with E-state index in [9.17, 15) is 14.4 Å². The summed E-state index contributed by atoms with van der Waals surface area (Å²) in [6.45, 7) is 2.20. The van der Waals surface area contributed by atoms with Crippen LogP contribution in [-0.2, 0) is 9.59 Å². The first-order chi connectivity index (χ1) is 14.9. The highest BCUT2D eigenvalue weighted by molar-refractivity contribution is 6.32. The largest absolute Gasteiger partial charge is 0.367 e. The van der Waals surface area contributed by atoms with E-state index in [4.69, 9.17) is 23.2 Å². The van der Waals surface area contributed by atoms with E-state index < -0.39 is 29.4 Å². The van der Waals surface area contributed by atoms with E-state index in [1.54, 1.807) is 48.6 Å². The van der Waals surface area contributed by atoms with Gasteiger partial charge in [0.15, 0.2) is 0 Å². The highest BCUT2D eigenvalue weighted by atomic mass is 35.5. The van der Waals surface area contributed by atoms with Gasteiger partial charge in [-0.2, -0.15) is 0 Å². The predicted octanol–water partition coefficient (Wildman–Crippen LogP) is 4.03. The molecule has 168 valence electrons. The summed E-state index contributed by atoms with van der Waals surface area (Å²) >= 11 is 12.9. The molecule has 0 spiro atoms. The quantitative estimate of drug-likeness (QED) is 0.486. The predicted molar refractivity (Wildman–Crippen MR) is 121 cm³/mol. The van der Waals surface area contributed by atoms with Gasteiger partial charge < -0.3 is 14.8 Å². The maximum Gasteiger partial charge on any atom is 0.327 e. The van der Waals surface area contributed by atoms with Crippen molar-refractivity contribution >= 4 is 41.0 Å². The number of alkyl halides is 1. The monoisotopic (exact) mass is 466 g/mol. The standard InChI is InChI=1S/C22H28Cl2N4O3/c1-3-4-5-6-12-27(20-16(23)8-7-9-17(20)24)22(31)28-14-18(29)26(2)19(21(28)30)15-10-11-25-13-15/h7-11,13,16,19-20,25H,3-6,12,14H2,1-2H3. The van der Waals surface area contributed by atoms with Crippen molar-refractivity contribution in [3.05, 3.63) is 47.3 Å². The number of imide groups is 1. The van der Waals surface area contributed by atoms with Crippen molar-refractivity contribution in [2.24, 2.45) is 0 Å². The zero-order valence-corrected chi connectivity index (χ0v) is 19.3. The van der Waals surface area contributed by atoms with Crippen LogP contribution in [0.15, 0.2) is 41.7 Å².